The molecule has 3 N–H and O–H groups in total. The maximum atomic E-state index is 12.0. The maximum Gasteiger partial charge on any atom is 0.246 e. The van der Waals surface area contributed by atoms with E-state index in [0.29, 0.717) is 30.6 Å². The SMILES string of the molecule is C=C1/C(=C\C=C2/CCC[C@@]3(C)C2CC[C@@H]3[C@H](C)/C=C2\CCNC2=O)C[C@@H](O)C[C@@H]1O. The zero-order valence-electron chi connectivity index (χ0n) is 18.5. The lowest BCUT2D eigenvalue weighted by molar-refractivity contribution is -0.116. The predicted molar refractivity (Wildman–Crippen MR) is 120 cm³/mol. The van der Waals surface area contributed by atoms with E-state index in [-0.39, 0.29) is 11.3 Å². The molecule has 0 spiro atoms. The van der Waals surface area contributed by atoms with Gasteiger partial charge in [0.2, 0.25) is 5.91 Å². The van der Waals surface area contributed by atoms with Crippen molar-refractivity contribution in [2.24, 2.45) is 23.2 Å². The van der Waals surface area contributed by atoms with Gasteiger partial charge in [-0.15, -0.1) is 0 Å². The van der Waals surface area contributed by atoms with Crippen LogP contribution in [0.4, 0.5) is 0 Å². The summed E-state index contributed by atoms with van der Waals surface area (Å²) in [6.45, 7) is 9.59. The second-order valence-corrected chi connectivity index (χ2v) is 10.2. The van der Waals surface area contributed by atoms with E-state index in [1.54, 1.807) is 0 Å². The molecule has 164 valence electrons. The van der Waals surface area contributed by atoms with Gasteiger partial charge in [-0.2, -0.15) is 0 Å². The first-order valence-electron chi connectivity index (χ1n) is 11.7. The first kappa shape index (κ1) is 21.6. The quantitative estimate of drug-likeness (QED) is 0.609. The third kappa shape index (κ3) is 3.97. The van der Waals surface area contributed by atoms with Crippen LogP contribution < -0.4 is 5.32 Å². The fraction of sp³-hybridized carbons (Fsp3) is 0.654. The van der Waals surface area contributed by atoms with Gasteiger partial charge in [0, 0.05) is 18.5 Å². The molecule has 4 aliphatic rings. The summed E-state index contributed by atoms with van der Waals surface area (Å²) in [6, 6.07) is 0. The Bertz CT molecular complexity index is 807. The molecule has 30 heavy (non-hydrogen) atoms. The number of hydrogen-bond acceptors (Lipinski definition) is 3. The van der Waals surface area contributed by atoms with Crippen LogP contribution in [0.5, 0.6) is 0 Å². The topological polar surface area (TPSA) is 69.6 Å². The smallest absolute Gasteiger partial charge is 0.246 e. The monoisotopic (exact) mass is 411 g/mol. The summed E-state index contributed by atoms with van der Waals surface area (Å²) < 4.78 is 0. The van der Waals surface area contributed by atoms with Crippen LogP contribution in [-0.4, -0.2) is 34.9 Å². The molecule has 0 aromatic rings. The number of aliphatic hydroxyl groups is 2. The van der Waals surface area contributed by atoms with Crippen molar-refractivity contribution in [3.05, 3.63) is 47.1 Å². The number of carbonyl (C=O) groups is 1. The van der Waals surface area contributed by atoms with Gasteiger partial charge in [0.15, 0.2) is 0 Å². The molecule has 4 heteroatoms. The lowest BCUT2D eigenvalue weighted by Crippen LogP contribution is -2.35. The normalized spacial score (nSPS) is 42.1. The number of allylic oxidation sites excluding steroid dienone is 4. The van der Waals surface area contributed by atoms with Gasteiger partial charge in [-0.1, -0.05) is 44.2 Å². The molecule has 4 nitrogen and oxygen atoms in total. The number of carbonyl (C=O) groups excluding carboxylic acids is 1. The average molecular weight is 412 g/mol. The van der Waals surface area contributed by atoms with Crippen LogP contribution >= 0.6 is 0 Å². The number of amides is 1. The summed E-state index contributed by atoms with van der Waals surface area (Å²) in [5.41, 5.74) is 4.51. The van der Waals surface area contributed by atoms with Gasteiger partial charge >= 0.3 is 0 Å². The van der Waals surface area contributed by atoms with Gasteiger partial charge in [-0.05, 0) is 79.3 Å². The molecule has 1 aliphatic heterocycles. The van der Waals surface area contributed by atoms with Gasteiger partial charge in [0.25, 0.3) is 0 Å². The fourth-order valence-electron chi connectivity index (χ4n) is 6.74. The largest absolute Gasteiger partial charge is 0.393 e. The van der Waals surface area contributed by atoms with E-state index in [1.807, 2.05) is 0 Å². The first-order valence-corrected chi connectivity index (χ1v) is 11.7. The molecule has 3 aliphatic carbocycles. The highest BCUT2D eigenvalue weighted by Gasteiger charge is 2.50. The summed E-state index contributed by atoms with van der Waals surface area (Å²) in [4.78, 5) is 12.0. The van der Waals surface area contributed by atoms with Crippen LogP contribution in [0.25, 0.3) is 0 Å². The molecule has 0 aromatic carbocycles. The molecular weight excluding hydrogens is 374 g/mol. The van der Waals surface area contributed by atoms with Crippen molar-refractivity contribution < 1.29 is 15.0 Å². The van der Waals surface area contributed by atoms with Gasteiger partial charge in [0.1, 0.15) is 0 Å². The second-order valence-electron chi connectivity index (χ2n) is 10.2. The Balaban J connectivity index is 1.54. The molecular formula is C26H37NO3. The van der Waals surface area contributed by atoms with Gasteiger partial charge in [-0.3, -0.25) is 4.79 Å². The van der Waals surface area contributed by atoms with Crippen LogP contribution in [0, 0.1) is 23.2 Å². The highest BCUT2D eigenvalue weighted by Crippen LogP contribution is 2.59. The number of fused-ring (bicyclic) bond motifs is 1. The Labute approximate surface area is 180 Å². The van der Waals surface area contributed by atoms with Crippen LogP contribution in [0.15, 0.2) is 47.1 Å². The van der Waals surface area contributed by atoms with E-state index in [9.17, 15) is 15.0 Å². The highest BCUT2D eigenvalue weighted by atomic mass is 16.3. The molecule has 1 heterocycles. The minimum atomic E-state index is -0.632. The molecule has 4 rings (SSSR count). The molecule has 6 atom stereocenters. The number of hydrogen-bond donors (Lipinski definition) is 3. The Kier molecular flexibility index (Phi) is 6.09. The molecule has 0 radical (unpaired) electrons. The van der Waals surface area contributed by atoms with Crippen molar-refractivity contribution >= 4 is 5.91 Å². The van der Waals surface area contributed by atoms with E-state index < -0.39 is 12.2 Å². The summed E-state index contributed by atoms with van der Waals surface area (Å²) >= 11 is 0. The summed E-state index contributed by atoms with van der Waals surface area (Å²) in [7, 11) is 0. The van der Waals surface area contributed by atoms with Crippen molar-refractivity contribution in [3.63, 3.8) is 0 Å². The molecule has 1 unspecified atom stereocenters. The number of nitrogens with one attached hydrogen (secondary N) is 1. The summed E-state index contributed by atoms with van der Waals surface area (Å²) in [5.74, 6) is 1.72. The van der Waals surface area contributed by atoms with Gasteiger partial charge in [0.05, 0.1) is 12.2 Å². The highest BCUT2D eigenvalue weighted by molar-refractivity contribution is 5.95. The molecule has 1 saturated heterocycles. The molecule has 1 amide bonds. The Morgan fingerprint density at radius 2 is 2.00 bits per heavy atom. The molecule has 0 aromatic heterocycles. The summed E-state index contributed by atoms with van der Waals surface area (Å²) in [6.07, 6.45) is 13.3. The zero-order chi connectivity index (χ0) is 21.5. The number of aliphatic hydroxyl groups excluding tert-OH is 2. The zero-order valence-corrected chi connectivity index (χ0v) is 18.5. The second kappa shape index (κ2) is 8.47. The third-order valence-corrected chi connectivity index (χ3v) is 8.37. The van der Waals surface area contributed by atoms with Crippen molar-refractivity contribution in [1.29, 1.82) is 0 Å². The minimum absolute atomic E-state index is 0.120. The molecule has 4 fully saturated rings. The lowest BCUT2D eigenvalue weighted by Gasteiger charge is -2.44. The van der Waals surface area contributed by atoms with Gasteiger partial charge in [-0.25, -0.2) is 0 Å². The van der Waals surface area contributed by atoms with Crippen molar-refractivity contribution in [1.82, 2.24) is 5.32 Å². The van der Waals surface area contributed by atoms with Crippen molar-refractivity contribution in [2.75, 3.05) is 6.54 Å². The fourth-order valence-corrected chi connectivity index (χ4v) is 6.74. The number of rotatable bonds is 3. The molecule has 0 bridgehead atoms. The molecule has 3 saturated carbocycles. The van der Waals surface area contributed by atoms with E-state index in [0.717, 1.165) is 36.1 Å². The van der Waals surface area contributed by atoms with Crippen molar-refractivity contribution in [3.8, 4) is 0 Å². The van der Waals surface area contributed by atoms with Crippen LogP contribution in [0.2, 0.25) is 0 Å². The van der Waals surface area contributed by atoms with E-state index in [2.05, 4.69) is 44.0 Å². The summed E-state index contributed by atoms with van der Waals surface area (Å²) in [5, 5.41) is 23.1. The predicted octanol–water partition coefficient (Wildman–Crippen LogP) is 4.21. The first-order chi connectivity index (χ1) is 14.3. The van der Waals surface area contributed by atoms with E-state index in [1.165, 1.54) is 31.3 Å². The van der Waals surface area contributed by atoms with Crippen LogP contribution in [0.1, 0.15) is 65.2 Å². The lowest BCUT2D eigenvalue weighted by atomic mass is 9.61. The Morgan fingerprint density at radius 3 is 2.73 bits per heavy atom. The van der Waals surface area contributed by atoms with Gasteiger partial charge < -0.3 is 15.5 Å². The van der Waals surface area contributed by atoms with Crippen LogP contribution in [-0.2, 0) is 4.79 Å². The minimum Gasteiger partial charge on any atom is -0.393 e. The maximum absolute atomic E-state index is 12.0. The third-order valence-electron chi connectivity index (χ3n) is 8.37. The Morgan fingerprint density at radius 1 is 1.20 bits per heavy atom. The van der Waals surface area contributed by atoms with Crippen LogP contribution in [0.3, 0.4) is 0 Å². The van der Waals surface area contributed by atoms with E-state index >= 15 is 0 Å². The van der Waals surface area contributed by atoms with Crippen molar-refractivity contribution in [2.45, 2.75) is 77.4 Å². The average Bonchev–Trinajstić information content (AvgIpc) is 3.26. The Hall–Kier alpha value is -1.65. The van der Waals surface area contributed by atoms with E-state index in [4.69, 9.17) is 0 Å². The standard InChI is InChI=1S/C26H37NO3/c1-16(13-20-10-12-27-25(20)30)22-8-9-23-18(5-4-11-26(22,23)3)6-7-19-14-21(28)15-24(29)17(19)2/h6-7,13,16,21-24,28-29H,2,4-5,8-12,14-15H2,1,3H3,(H,27,30)/b18-6+,19-7-,20-13+/t16-,21-,22-,23?,24+,26-/m1/s1.